The van der Waals surface area contributed by atoms with Gasteiger partial charge in [0.05, 0.1) is 18.9 Å². The summed E-state index contributed by atoms with van der Waals surface area (Å²) in [4.78, 5) is 32.8. The Hall–Kier alpha value is -2.29. The fraction of sp³-hybridized carbons (Fsp3) is 0.421. The van der Waals surface area contributed by atoms with E-state index in [1.54, 1.807) is 17.9 Å². The number of anilines is 2. The average Bonchev–Trinajstić information content (AvgIpc) is 3.28. The van der Waals surface area contributed by atoms with Crippen molar-refractivity contribution < 1.29 is 14.3 Å². The molecular formula is C19H22N4O3S. The number of hydrogen-bond donors (Lipinski definition) is 1. The molecular weight excluding hydrogens is 364 g/mol. The third kappa shape index (κ3) is 4.02. The number of ether oxygens (including phenoxy) is 1. The predicted octanol–water partition coefficient (Wildman–Crippen LogP) is 2.14. The van der Waals surface area contributed by atoms with Gasteiger partial charge >= 0.3 is 0 Å². The zero-order chi connectivity index (χ0) is 18.8. The maximum Gasteiger partial charge on any atom is 0.257 e. The van der Waals surface area contributed by atoms with Crippen molar-refractivity contribution in [2.45, 2.75) is 19.9 Å². The van der Waals surface area contributed by atoms with E-state index >= 15 is 0 Å². The van der Waals surface area contributed by atoms with Gasteiger partial charge in [0.2, 0.25) is 5.91 Å². The lowest BCUT2D eigenvalue weighted by Gasteiger charge is -2.25. The van der Waals surface area contributed by atoms with E-state index in [1.165, 1.54) is 11.3 Å². The molecule has 2 aliphatic rings. The molecule has 0 spiro atoms. The summed E-state index contributed by atoms with van der Waals surface area (Å²) in [6.07, 6.45) is 0.775. The van der Waals surface area contributed by atoms with Crippen LogP contribution in [0.15, 0.2) is 23.6 Å². The van der Waals surface area contributed by atoms with Crippen LogP contribution in [0, 0.1) is 0 Å². The second-order valence-corrected chi connectivity index (χ2v) is 7.61. The fourth-order valence-electron chi connectivity index (χ4n) is 3.46. The molecule has 0 unspecified atom stereocenters. The zero-order valence-electron chi connectivity index (χ0n) is 15.2. The van der Waals surface area contributed by atoms with Crippen LogP contribution in [-0.4, -0.2) is 54.5 Å². The van der Waals surface area contributed by atoms with Gasteiger partial charge in [-0.25, -0.2) is 4.98 Å². The molecule has 0 aliphatic carbocycles. The van der Waals surface area contributed by atoms with Crippen molar-refractivity contribution in [1.82, 2.24) is 9.88 Å². The van der Waals surface area contributed by atoms with Crippen LogP contribution in [0.3, 0.4) is 0 Å². The number of carbonyl (C=O) groups is 2. The van der Waals surface area contributed by atoms with Crippen molar-refractivity contribution >= 4 is 34.0 Å². The van der Waals surface area contributed by atoms with Crippen LogP contribution in [0.5, 0.6) is 0 Å². The number of benzene rings is 1. The van der Waals surface area contributed by atoms with Gasteiger partial charge in [-0.3, -0.25) is 19.8 Å². The van der Waals surface area contributed by atoms with Crippen molar-refractivity contribution in [2.75, 3.05) is 43.1 Å². The number of carbonyl (C=O) groups excluding carboxylic acids is 2. The normalized spacial score (nSPS) is 17.0. The van der Waals surface area contributed by atoms with Gasteiger partial charge in [0.15, 0.2) is 5.13 Å². The number of rotatable bonds is 4. The van der Waals surface area contributed by atoms with Gasteiger partial charge < -0.3 is 9.64 Å². The van der Waals surface area contributed by atoms with Crippen molar-refractivity contribution in [3.05, 3.63) is 40.4 Å². The summed E-state index contributed by atoms with van der Waals surface area (Å²) in [6, 6.07) is 5.48. The number of thiazole rings is 1. The Morgan fingerprint density at radius 2 is 2.07 bits per heavy atom. The number of nitrogens with one attached hydrogen (secondary N) is 1. The number of aromatic nitrogens is 1. The molecule has 2 aliphatic heterocycles. The molecule has 7 nitrogen and oxygen atoms in total. The summed E-state index contributed by atoms with van der Waals surface area (Å²) >= 11 is 1.44. The molecule has 0 radical (unpaired) electrons. The molecule has 1 aromatic heterocycles. The Morgan fingerprint density at radius 1 is 1.26 bits per heavy atom. The maximum absolute atomic E-state index is 12.6. The standard InChI is InChI=1S/C19H22N4O3S/c1-13(24)23-5-4-14-10-15(2-3-17(14)23)18(25)21-19-20-16(12-27-19)11-22-6-8-26-9-7-22/h2-3,10,12H,4-9,11H2,1H3,(H,20,21,25). The average molecular weight is 386 g/mol. The molecule has 8 heteroatoms. The minimum Gasteiger partial charge on any atom is -0.379 e. The van der Waals surface area contributed by atoms with E-state index in [1.807, 2.05) is 17.5 Å². The first kappa shape index (κ1) is 18.1. The largest absolute Gasteiger partial charge is 0.379 e. The highest BCUT2D eigenvalue weighted by atomic mass is 32.1. The minimum atomic E-state index is -0.175. The first-order valence-corrected chi connectivity index (χ1v) is 9.95. The van der Waals surface area contributed by atoms with Gasteiger partial charge in [0.25, 0.3) is 5.91 Å². The molecule has 0 bridgehead atoms. The second kappa shape index (κ2) is 7.75. The summed E-state index contributed by atoms with van der Waals surface area (Å²) in [5, 5.41) is 5.48. The lowest BCUT2D eigenvalue weighted by molar-refractivity contribution is -0.116. The van der Waals surface area contributed by atoms with Gasteiger partial charge in [-0.15, -0.1) is 11.3 Å². The molecule has 1 fully saturated rings. The van der Waals surface area contributed by atoms with Crippen LogP contribution >= 0.6 is 11.3 Å². The molecule has 2 amide bonds. The van der Waals surface area contributed by atoms with Gasteiger partial charge in [-0.2, -0.15) is 0 Å². The predicted molar refractivity (Wildman–Crippen MR) is 104 cm³/mol. The highest BCUT2D eigenvalue weighted by Crippen LogP contribution is 2.29. The summed E-state index contributed by atoms with van der Waals surface area (Å²) in [6.45, 7) is 6.34. The SMILES string of the molecule is CC(=O)N1CCc2cc(C(=O)Nc3nc(CN4CCOCC4)cs3)ccc21. The molecule has 27 heavy (non-hydrogen) atoms. The van der Waals surface area contributed by atoms with Crippen molar-refractivity contribution in [1.29, 1.82) is 0 Å². The Kier molecular flexibility index (Phi) is 5.20. The molecule has 1 aromatic carbocycles. The van der Waals surface area contributed by atoms with E-state index in [0.29, 0.717) is 17.2 Å². The number of amides is 2. The minimum absolute atomic E-state index is 0.0292. The quantitative estimate of drug-likeness (QED) is 0.871. The molecule has 1 N–H and O–H groups in total. The van der Waals surface area contributed by atoms with E-state index in [4.69, 9.17) is 4.74 Å². The summed E-state index contributed by atoms with van der Waals surface area (Å²) < 4.78 is 5.36. The topological polar surface area (TPSA) is 74.8 Å². The maximum atomic E-state index is 12.6. The molecule has 3 heterocycles. The summed E-state index contributed by atoms with van der Waals surface area (Å²) in [5.41, 5.74) is 3.48. The Balaban J connectivity index is 1.40. The van der Waals surface area contributed by atoms with Crippen LogP contribution in [-0.2, 0) is 22.5 Å². The number of nitrogens with zero attached hydrogens (tertiary/aromatic N) is 3. The highest BCUT2D eigenvalue weighted by molar-refractivity contribution is 7.14. The molecule has 0 atom stereocenters. The van der Waals surface area contributed by atoms with E-state index in [2.05, 4.69) is 15.2 Å². The van der Waals surface area contributed by atoms with Crippen LogP contribution in [0.4, 0.5) is 10.8 Å². The third-order valence-corrected chi connectivity index (χ3v) is 5.69. The van der Waals surface area contributed by atoms with Crippen molar-refractivity contribution in [2.24, 2.45) is 0 Å². The molecule has 4 rings (SSSR count). The van der Waals surface area contributed by atoms with E-state index in [9.17, 15) is 9.59 Å². The Bertz CT molecular complexity index is 860. The number of hydrogen-bond acceptors (Lipinski definition) is 6. The van der Waals surface area contributed by atoms with E-state index in [-0.39, 0.29) is 11.8 Å². The summed E-state index contributed by atoms with van der Waals surface area (Å²) in [7, 11) is 0. The van der Waals surface area contributed by atoms with Crippen molar-refractivity contribution in [3.8, 4) is 0 Å². The summed E-state index contributed by atoms with van der Waals surface area (Å²) in [5.74, 6) is -0.145. The van der Waals surface area contributed by atoms with E-state index in [0.717, 1.165) is 56.2 Å². The zero-order valence-corrected chi connectivity index (χ0v) is 16.1. The number of fused-ring (bicyclic) bond motifs is 1. The number of morpholine rings is 1. The van der Waals surface area contributed by atoms with Crippen LogP contribution in [0.25, 0.3) is 0 Å². The molecule has 0 saturated carbocycles. The Labute approximate surface area is 161 Å². The van der Waals surface area contributed by atoms with Gasteiger partial charge in [-0.1, -0.05) is 0 Å². The van der Waals surface area contributed by atoms with Crippen LogP contribution < -0.4 is 10.2 Å². The second-order valence-electron chi connectivity index (χ2n) is 6.75. The van der Waals surface area contributed by atoms with Crippen LogP contribution in [0.2, 0.25) is 0 Å². The molecule has 142 valence electrons. The van der Waals surface area contributed by atoms with Gasteiger partial charge in [0.1, 0.15) is 0 Å². The highest BCUT2D eigenvalue weighted by Gasteiger charge is 2.23. The molecule has 1 saturated heterocycles. The lowest BCUT2D eigenvalue weighted by atomic mass is 10.1. The molecule has 2 aromatic rings. The van der Waals surface area contributed by atoms with Crippen LogP contribution in [0.1, 0.15) is 28.5 Å². The smallest absolute Gasteiger partial charge is 0.257 e. The van der Waals surface area contributed by atoms with E-state index < -0.39 is 0 Å². The van der Waals surface area contributed by atoms with Gasteiger partial charge in [-0.05, 0) is 30.2 Å². The first-order chi connectivity index (χ1) is 13.1. The fourth-order valence-corrected chi connectivity index (χ4v) is 4.16. The third-order valence-electron chi connectivity index (χ3n) is 4.88. The Morgan fingerprint density at radius 3 is 2.85 bits per heavy atom. The van der Waals surface area contributed by atoms with Crippen molar-refractivity contribution in [3.63, 3.8) is 0 Å². The first-order valence-electron chi connectivity index (χ1n) is 9.07. The lowest BCUT2D eigenvalue weighted by Crippen LogP contribution is -2.35. The monoisotopic (exact) mass is 386 g/mol. The van der Waals surface area contributed by atoms with Gasteiger partial charge in [0, 0.05) is 49.7 Å².